The van der Waals surface area contributed by atoms with Crippen LogP contribution in [0.1, 0.15) is 37.0 Å². The molecule has 1 atom stereocenters. The second-order valence-corrected chi connectivity index (χ2v) is 8.50. The van der Waals surface area contributed by atoms with E-state index < -0.39 is 21.5 Å². The Morgan fingerprint density at radius 2 is 2.15 bits per heavy atom. The Morgan fingerprint density at radius 3 is 2.73 bits per heavy atom. The predicted molar refractivity (Wildman–Crippen MR) is 99.4 cm³/mol. The highest BCUT2D eigenvalue weighted by molar-refractivity contribution is 7.91. The van der Waals surface area contributed by atoms with E-state index in [1.54, 1.807) is 0 Å². The van der Waals surface area contributed by atoms with Gasteiger partial charge in [0.1, 0.15) is 0 Å². The van der Waals surface area contributed by atoms with Crippen LogP contribution in [0.3, 0.4) is 0 Å². The molecule has 4 N–H and O–H groups in total. The number of phenolic OH excluding ortho intramolecular Hbond substituents is 1. The van der Waals surface area contributed by atoms with Crippen molar-refractivity contribution in [2.24, 2.45) is 0 Å². The molecule has 8 nitrogen and oxygen atoms in total. The maximum atomic E-state index is 12.7. The van der Waals surface area contributed by atoms with Crippen LogP contribution in [0.25, 0.3) is 0 Å². The van der Waals surface area contributed by atoms with Gasteiger partial charge in [0.15, 0.2) is 21.3 Å². The molecular formula is C17H27N3O5S. The molecule has 1 unspecified atom stereocenters. The van der Waals surface area contributed by atoms with Crippen molar-refractivity contribution >= 4 is 21.4 Å². The third-order valence-electron chi connectivity index (χ3n) is 4.82. The third-order valence-corrected chi connectivity index (χ3v) is 6.59. The van der Waals surface area contributed by atoms with Gasteiger partial charge in [-0.1, -0.05) is 13.8 Å². The first-order valence-electron chi connectivity index (χ1n) is 8.71. The molecule has 146 valence electrons. The summed E-state index contributed by atoms with van der Waals surface area (Å²) in [6, 6.07) is 1.42. The maximum Gasteiger partial charge on any atom is 0.255 e. The molecule has 1 aliphatic heterocycles. The van der Waals surface area contributed by atoms with Gasteiger partial charge >= 0.3 is 0 Å². The second kappa shape index (κ2) is 8.13. The first-order valence-corrected chi connectivity index (χ1v) is 10.4. The Bertz CT molecular complexity index is 779. The Kier molecular flexibility index (Phi) is 6.35. The number of ether oxygens (including phenoxy) is 1. The Labute approximate surface area is 154 Å². The molecule has 1 aliphatic rings. The fraction of sp³-hybridized carbons (Fsp3) is 0.588. The number of methoxy groups -OCH3 is 1. The van der Waals surface area contributed by atoms with E-state index in [0.29, 0.717) is 6.54 Å². The van der Waals surface area contributed by atoms with Crippen molar-refractivity contribution in [1.82, 2.24) is 10.2 Å². The van der Waals surface area contributed by atoms with Gasteiger partial charge in [0.05, 0.1) is 29.0 Å². The van der Waals surface area contributed by atoms with Gasteiger partial charge in [-0.15, -0.1) is 0 Å². The second-order valence-electron chi connectivity index (χ2n) is 6.26. The third kappa shape index (κ3) is 3.88. The highest BCUT2D eigenvalue weighted by Gasteiger charge is 2.28. The lowest BCUT2D eigenvalue weighted by Gasteiger charge is -2.23. The summed E-state index contributed by atoms with van der Waals surface area (Å²) in [6.45, 7) is 5.89. The van der Waals surface area contributed by atoms with E-state index in [-0.39, 0.29) is 33.7 Å². The van der Waals surface area contributed by atoms with Gasteiger partial charge in [-0.3, -0.25) is 9.69 Å². The molecule has 2 rings (SSSR count). The summed E-state index contributed by atoms with van der Waals surface area (Å²) in [5, 5.41) is 13.0. The number of hydrogen-bond donors (Lipinski definition) is 3. The van der Waals surface area contributed by atoms with Crippen LogP contribution < -0.4 is 15.8 Å². The number of sulfone groups is 1. The molecule has 26 heavy (non-hydrogen) atoms. The van der Waals surface area contributed by atoms with Crippen molar-refractivity contribution in [3.8, 4) is 11.5 Å². The van der Waals surface area contributed by atoms with Gasteiger partial charge in [0, 0.05) is 12.6 Å². The number of likely N-dealkylation sites (tertiary alicyclic amines) is 1. The smallest absolute Gasteiger partial charge is 0.255 e. The summed E-state index contributed by atoms with van der Waals surface area (Å²) in [7, 11) is -2.42. The van der Waals surface area contributed by atoms with Gasteiger partial charge in [-0.05, 0) is 32.0 Å². The van der Waals surface area contributed by atoms with Crippen LogP contribution in [0.15, 0.2) is 11.0 Å². The van der Waals surface area contributed by atoms with Crippen LogP contribution in [0, 0.1) is 0 Å². The van der Waals surface area contributed by atoms with Gasteiger partial charge in [-0.25, -0.2) is 8.42 Å². The Balaban J connectivity index is 2.33. The molecule has 1 aromatic rings. The minimum atomic E-state index is -3.70. The molecule has 1 amide bonds. The van der Waals surface area contributed by atoms with Crippen LogP contribution >= 0.6 is 0 Å². The number of amides is 1. The molecule has 0 aliphatic carbocycles. The summed E-state index contributed by atoms with van der Waals surface area (Å²) in [6.07, 6.45) is 2.08. The Morgan fingerprint density at radius 1 is 1.46 bits per heavy atom. The van der Waals surface area contributed by atoms with Crippen molar-refractivity contribution in [2.75, 3.05) is 38.2 Å². The number of nitrogens with one attached hydrogen (secondary N) is 1. The first kappa shape index (κ1) is 20.3. The van der Waals surface area contributed by atoms with Crippen LogP contribution in [0.4, 0.5) is 5.69 Å². The van der Waals surface area contributed by atoms with E-state index in [1.807, 2.05) is 0 Å². The summed E-state index contributed by atoms with van der Waals surface area (Å²) in [5.74, 6) is -1.37. The fourth-order valence-electron chi connectivity index (χ4n) is 3.28. The molecule has 0 saturated carbocycles. The largest absolute Gasteiger partial charge is 0.503 e. The van der Waals surface area contributed by atoms with E-state index in [1.165, 1.54) is 20.1 Å². The van der Waals surface area contributed by atoms with E-state index in [4.69, 9.17) is 10.5 Å². The molecule has 0 aromatic heterocycles. The van der Waals surface area contributed by atoms with Gasteiger partial charge in [0.2, 0.25) is 0 Å². The number of rotatable bonds is 7. The zero-order chi connectivity index (χ0) is 19.5. The number of nitrogens with two attached hydrogens (primary N) is 1. The lowest BCUT2D eigenvalue weighted by molar-refractivity contribution is 0.0937. The van der Waals surface area contributed by atoms with Crippen molar-refractivity contribution in [1.29, 1.82) is 0 Å². The fourth-order valence-corrected chi connectivity index (χ4v) is 4.32. The topological polar surface area (TPSA) is 122 Å². The van der Waals surface area contributed by atoms with Crippen LogP contribution in [0.2, 0.25) is 0 Å². The lowest BCUT2D eigenvalue weighted by Crippen LogP contribution is -2.40. The monoisotopic (exact) mass is 385 g/mol. The van der Waals surface area contributed by atoms with Crippen LogP contribution in [-0.4, -0.2) is 62.9 Å². The summed E-state index contributed by atoms with van der Waals surface area (Å²) >= 11 is 0. The SMILES string of the molecule is CCN1CCCC1CNC(=O)c1cc(S(=O)(=O)CC)c(N)c(O)c1OC. The highest BCUT2D eigenvalue weighted by atomic mass is 32.2. The average molecular weight is 385 g/mol. The summed E-state index contributed by atoms with van der Waals surface area (Å²) < 4.78 is 29.6. The van der Waals surface area contributed by atoms with E-state index in [2.05, 4.69) is 17.1 Å². The first-order chi connectivity index (χ1) is 12.3. The number of benzene rings is 1. The number of carbonyl (C=O) groups is 1. The predicted octanol–water partition coefficient (Wildman–Crippen LogP) is 0.991. The number of anilines is 1. The minimum Gasteiger partial charge on any atom is -0.503 e. The maximum absolute atomic E-state index is 12.7. The molecular weight excluding hydrogens is 358 g/mol. The summed E-state index contributed by atoms with van der Waals surface area (Å²) in [4.78, 5) is 14.7. The number of nitrogen functional groups attached to an aromatic ring is 1. The highest BCUT2D eigenvalue weighted by Crippen LogP contribution is 2.40. The van der Waals surface area contributed by atoms with Crippen molar-refractivity contribution in [3.63, 3.8) is 0 Å². The van der Waals surface area contributed by atoms with Crippen molar-refractivity contribution in [3.05, 3.63) is 11.6 Å². The number of nitrogens with zero attached hydrogens (tertiary/aromatic N) is 1. The number of aromatic hydroxyl groups is 1. The van der Waals surface area contributed by atoms with Gasteiger partial charge < -0.3 is 20.9 Å². The molecule has 1 heterocycles. The average Bonchev–Trinajstić information content (AvgIpc) is 3.08. The molecule has 1 aromatic carbocycles. The van der Waals surface area contributed by atoms with Gasteiger partial charge in [-0.2, -0.15) is 0 Å². The molecule has 1 fully saturated rings. The number of carbonyl (C=O) groups excluding carboxylic acids is 1. The molecule has 0 bridgehead atoms. The minimum absolute atomic E-state index is 0.0488. The zero-order valence-corrected chi connectivity index (χ0v) is 16.2. The molecule has 9 heteroatoms. The lowest BCUT2D eigenvalue weighted by atomic mass is 10.1. The molecule has 0 spiro atoms. The van der Waals surface area contributed by atoms with Gasteiger partial charge in [0.25, 0.3) is 5.91 Å². The Hall–Kier alpha value is -2.00. The standard InChI is InChI=1S/C17H27N3O5S/c1-4-20-8-6-7-11(20)10-19-17(22)12-9-13(26(23,24)5-2)14(18)15(21)16(12)25-3/h9,11,21H,4-8,10,18H2,1-3H3,(H,19,22). The number of phenols is 1. The quantitative estimate of drug-likeness (QED) is 0.472. The molecule has 1 saturated heterocycles. The summed E-state index contributed by atoms with van der Waals surface area (Å²) in [5.41, 5.74) is 5.39. The van der Waals surface area contributed by atoms with E-state index >= 15 is 0 Å². The van der Waals surface area contributed by atoms with Crippen molar-refractivity contribution in [2.45, 2.75) is 37.6 Å². The molecule has 0 radical (unpaired) electrons. The normalized spacial score (nSPS) is 18.0. The van der Waals surface area contributed by atoms with E-state index in [9.17, 15) is 18.3 Å². The van der Waals surface area contributed by atoms with Crippen LogP contribution in [-0.2, 0) is 9.84 Å². The number of likely N-dealkylation sites (N-methyl/N-ethyl adjacent to an activating group) is 1. The number of hydrogen-bond acceptors (Lipinski definition) is 7. The van der Waals surface area contributed by atoms with Crippen LogP contribution in [0.5, 0.6) is 11.5 Å². The zero-order valence-electron chi connectivity index (χ0n) is 15.4. The van der Waals surface area contributed by atoms with E-state index in [0.717, 1.165) is 25.9 Å². The van der Waals surface area contributed by atoms with Crippen molar-refractivity contribution < 1.29 is 23.1 Å².